The van der Waals surface area contributed by atoms with E-state index in [2.05, 4.69) is 0 Å². The van der Waals surface area contributed by atoms with Crippen molar-refractivity contribution in [1.29, 1.82) is 0 Å². The Morgan fingerprint density at radius 2 is 1.69 bits per heavy atom. The van der Waals surface area contributed by atoms with E-state index < -0.39 is 32.1 Å². The van der Waals surface area contributed by atoms with Gasteiger partial charge in [0.15, 0.2) is 21.4 Å². The third-order valence-corrected chi connectivity index (χ3v) is 7.96. The van der Waals surface area contributed by atoms with Gasteiger partial charge in [-0.3, -0.25) is 0 Å². The molecule has 2 aliphatic heterocycles. The summed E-state index contributed by atoms with van der Waals surface area (Å²) in [6, 6.07) is 7.56. The average Bonchev–Trinajstić information content (AvgIpc) is 2.71. The van der Waals surface area contributed by atoms with Crippen LogP contribution in [0, 0.1) is 17.6 Å². The fraction of sp³-hybridized carbons (Fsp3) is 0.400. The van der Waals surface area contributed by atoms with Crippen molar-refractivity contribution in [2.24, 2.45) is 5.92 Å². The highest BCUT2D eigenvalue weighted by Crippen LogP contribution is 2.53. The Morgan fingerprint density at radius 1 is 1.07 bits per heavy atom. The zero-order valence-corrected chi connectivity index (χ0v) is 18.3. The van der Waals surface area contributed by atoms with Gasteiger partial charge in [-0.1, -0.05) is 11.6 Å². The fourth-order valence-electron chi connectivity index (χ4n) is 3.86. The Balaban J connectivity index is 0.000000755. The van der Waals surface area contributed by atoms with Crippen molar-refractivity contribution in [1.82, 2.24) is 0 Å². The van der Waals surface area contributed by atoms with E-state index in [4.69, 9.17) is 21.1 Å². The van der Waals surface area contributed by atoms with Crippen molar-refractivity contribution in [2.45, 2.75) is 16.1 Å². The van der Waals surface area contributed by atoms with E-state index in [-0.39, 0.29) is 42.4 Å². The third kappa shape index (κ3) is 3.76. The van der Waals surface area contributed by atoms with Gasteiger partial charge in [-0.05, 0) is 55.3 Å². The molecule has 0 radical (unpaired) electrons. The first-order valence-electron chi connectivity index (χ1n) is 8.89. The van der Waals surface area contributed by atoms with Crippen molar-refractivity contribution < 1.29 is 26.7 Å². The maximum Gasteiger partial charge on any atom is 0.189 e. The van der Waals surface area contributed by atoms with Gasteiger partial charge in [0.05, 0.1) is 23.7 Å². The second-order valence-corrected chi connectivity index (χ2v) is 10.3. The molecule has 0 spiro atoms. The van der Waals surface area contributed by atoms with Crippen molar-refractivity contribution in [2.75, 3.05) is 32.3 Å². The van der Waals surface area contributed by atoms with E-state index >= 15 is 0 Å². The molecule has 2 aliphatic rings. The molecule has 0 saturated carbocycles. The first kappa shape index (κ1) is 22.3. The first-order valence-corrected chi connectivity index (χ1v) is 12.4. The summed E-state index contributed by atoms with van der Waals surface area (Å²) < 4.78 is 65.5. The number of ether oxygens (including phenoxy) is 2. The maximum atomic E-state index is 14.8. The molecule has 29 heavy (non-hydrogen) atoms. The lowest BCUT2D eigenvalue weighted by molar-refractivity contribution is -0.00653. The predicted octanol–water partition coefficient (Wildman–Crippen LogP) is 4.70. The molecular weight excluding hydrogens is 442 g/mol. The summed E-state index contributed by atoms with van der Waals surface area (Å²) in [6.45, 7) is 0.140. The quantitative estimate of drug-likeness (QED) is 0.647. The van der Waals surface area contributed by atoms with Gasteiger partial charge in [0, 0.05) is 17.5 Å². The molecule has 1 fully saturated rings. The van der Waals surface area contributed by atoms with E-state index in [1.165, 1.54) is 24.3 Å². The molecule has 0 amide bonds. The monoisotopic (exact) mass is 462 g/mol. The number of hydrogen-bond donors (Lipinski definition) is 0. The molecule has 0 N–H and O–H groups in total. The van der Waals surface area contributed by atoms with Gasteiger partial charge in [0.1, 0.15) is 10.6 Å². The Labute approximate surface area is 178 Å². The Kier molecular flexibility index (Phi) is 6.77. The Hall–Kier alpha value is -1.35. The molecule has 9 heteroatoms. The van der Waals surface area contributed by atoms with Crippen LogP contribution in [0.15, 0.2) is 41.3 Å². The van der Waals surface area contributed by atoms with Crippen LogP contribution >= 0.6 is 23.4 Å². The lowest BCUT2D eigenvalue weighted by Crippen LogP contribution is -2.54. The van der Waals surface area contributed by atoms with E-state index in [0.717, 1.165) is 12.1 Å². The van der Waals surface area contributed by atoms with Crippen LogP contribution in [-0.4, -0.2) is 40.7 Å². The van der Waals surface area contributed by atoms with Crippen LogP contribution in [0.2, 0.25) is 5.02 Å². The highest BCUT2D eigenvalue weighted by Gasteiger charge is 2.59. The van der Waals surface area contributed by atoms with Crippen LogP contribution in [0.5, 0.6) is 5.75 Å². The maximum absolute atomic E-state index is 14.8. The molecule has 1 saturated heterocycles. The van der Waals surface area contributed by atoms with Gasteiger partial charge >= 0.3 is 0 Å². The summed E-state index contributed by atoms with van der Waals surface area (Å²) in [5, 5.41) is 0.384. The number of fused-ring (bicyclic) bond motifs is 3. The summed E-state index contributed by atoms with van der Waals surface area (Å²) in [5.41, 5.74) is -0.244. The molecule has 2 aromatic rings. The molecule has 2 atom stereocenters. The second kappa shape index (κ2) is 8.79. The fourth-order valence-corrected chi connectivity index (χ4v) is 6.29. The summed E-state index contributed by atoms with van der Waals surface area (Å²) >= 11 is 7.62. The highest BCUT2D eigenvalue weighted by molar-refractivity contribution is 7.97. The third-order valence-electron chi connectivity index (χ3n) is 5.11. The van der Waals surface area contributed by atoms with Gasteiger partial charge < -0.3 is 9.47 Å². The van der Waals surface area contributed by atoms with E-state index in [9.17, 15) is 17.2 Å². The molecule has 4 rings (SSSR count). The smallest absolute Gasteiger partial charge is 0.189 e. The molecule has 158 valence electrons. The average molecular weight is 463 g/mol. The molecule has 2 aromatic carbocycles. The SMILES string of the molecule is CSC.O=S(=O)(c1ccc(Cl)cc1)[C@@]12CCOCC1COc1c(F)ccc(F)c12. The minimum atomic E-state index is -4.08. The van der Waals surface area contributed by atoms with Crippen molar-refractivity contribution in [3.63, 3.8) is 0 Å². The molecule has 1 unspecified atom stereocenters. The van der Waals surface area contributed by atoms with Gasteiger partial charge in [0.2, 0.25) is 0 Å². The number of hydrogen-bond acceptors (Lipinski definition) is 5. The van der Waals surface area contributed by atoms with Crippen LogP contribution < -0.4 is 4.74 Å². The van der Waals surface area contributed by atoms with E-state index in [0.29, 0.717) is 5.02 Å². The first-order chi connectivity index (χ1) is 13.8. The number of halogens is 3. The van der Waals surface area contributed by atoms with Crippen molar-refractivity contribution in [3.05, 3.63) is 58.6 Å². The highest BCUT2D eigenvalue weighted by atomic mass is 35.5. The lowest BCUT2D eigenvalue weighted by atomic mass is 9.79. The zero-order chi connectivity index (χ0) is 21.2. The second-order valence-electron chi connectivity index (χ2n) is 6.82. The van der Waals surface area contributed by atoms with Crippen molar-refractivity contribution in [3.8, 4) is 5.75 Å². The molecule has 0 bridgehead atoms. The molecule has 0 aromatic heterocycles. The van der Waals surface area contributed by atoms with Crippen LogP contribution in [-0.2, 0) is 19.3 Å². The Bertz CT molecular complexity index is 983. The normalized spacial score (nSPS) is 23.1. The lowest BCUT2D eigenvalue weighted by Gasteiger charge is -2.46. The van der Waals surface area contributed by atoms with Crippen LogP contribution in [0.25, 0.3) is 0 Å². The molecular formula is C20H21ClF2O4S2. The topological polar surface area (TPSA) is 52.6 Å². The van der Waals surface area contributed by atoms with Crippen LogP contribution in [0.4, 0.5) is 8.78 Å². The predicted molar refractivity (Wildman–Crippen MR) is 111 cm³/mol. The summed E-state index contributed by atoms with van der Waals surface area (Å²) in [5.74, 6) is -2.57. The number of rotatable bonds is 2. The number of thioether (sulfide) groups is 1. The van der Waals surface area contributed by atoms with Crippen LogP contribution in [0.1, 0.15) is 12.0 Å². The summed E-state index contributed by atoms with van der Waals surface area (Å²) in [6.07, 6.45) is 4.10. The minimum Gasteiger partial charge on any atom is -0.490 e. The zero-order valence-electron chi connectivity index (χ0n) is 16.0. The molecule has 4 nitrogen and oxygen atoms in total. The van der Waals surface area contributed by atoms with Gasteiger partial charge in [0.25, 0.3) is 0 Å². The molecule has 2 heterocycles. The summed E-state index contributed by atoms with van der Waals surface area (Å²) in [7, 11) is -4.08. The van der Waals surface area contributed by atoms with Crippen molar-refractivity contribution >= 4 is 33.2 Å². The van der Waals surface area contributed by atoms with Gasteiger partial charge in [-0.15, -0.1) is 0 Å². The van der Waals surface area contributed by atoms with Crippen LogP contribution in [0.3, 0.4) is 0 Å². The summed E-state index contributed by atoms with van der Waals surface area (Å²) in [4.78, 5) is 0.00492. The van der Waals surface area contributed by atoms with Gasteiger partial charge in [-0.25, -0.2) is 17.2 Å². The number of benzene rings is 2. The largest absolute Gasteiger partial charge is 0.490 e. The van der Waals surface area contributed by atoms with E-state index in [1.54, 1.807) is 11.8 Å². The van der Waals surface area contributed by atoms with Gasteiger partial charge in [-0.2, -0.15) is 11.8 Å². The Morgan fingerprint density at radius 3 is 2.34 bits per heavy atom. The number of sulfone groups is 1. The minimum absolute atomic E-state index is 0.00492. The standard InChI is InChI=1S/C18H15ClF2O4S.C2H6S/c19-12-1-3-13(4-2-12)26(22,23)18-7-8-24-9-11(18)10-25-17-15(21)6-5-14(20)16(17)18;1-3-2/h1-6,11H,7-10H2;1-2H3/t11?,18-;/m0./s1. The van der Waals surface area contributed by atoms with E-state index in [1.807, 2.05) is 12.5 Å². The molecule has 0 aliphatic carbocycles.